The van der Waals surface area contributed by atoms with Gasteiger partial charge < -0.3 is 16.0 Å². The van der Waals surface area contributed by atoms with Crippen molar-refractivity contribution in [3.05, 3.63) is 120 Å². The van der Waals surface area contributed by atoms with Gasteiger partial charge in [0.2, 0.25) is 0 Å². The number of rotatable bonds is 8. The molecular weight excluding hydrogens is 491 g/mol. The van der Waals surface area contributed by atoms with Crippen LogP contribution in [0.5, 0.6) is 0 Å². The average Bonchev–Trinajstić information content (AvgIpc) is 2.96. The molecule has 0 saturated carbocycles. The van der Waals surface area contributed by atoms with E-state index < -0.39 is 0 Å². The SMILES string of the molecule is CNc1ccccc1-c1ccc(C/C=C\C=N)cc1.CNc1ccccc1Sc1ccc(C)cc1.CS. The normalized spacial score (nSPS) is 9.97. The molecule has 0 fully saturated rings. The highest BCUT2D eigenvalue weighted by atomic mass is 32.2. The van der Waals surface area contributed by atoms with Crippen molar-refractivity contribution >= 4 is 42.0 Å². The standard InChI is InChI=1S/C17H18N2.C14H15NS.CH4S/c1-19-17-8-3-2-7-16(17)15-11-9-14(10-12-15)6-4-5-13-18;1-11-7-9-12(10-8-11)16-14-6-4-3-5-13(14)15-2;1-2/h2-5,7-13,18-19H,6H2,1H3;3-10,15H,1-2H3;2H,1H3/b5-4-,18-13?;;. The molecule has 0 radical (unpaired) electrons. The molecule has 4 aromatic carbocycles. The number of hydrogen-bond acceptors (Lipinski definition) is 5. The molecule has 0 aromatic heterocycles. The van der Waals surface area contributed by atoms with Crippen molar-refractivity contribution in [3.63, 3.8) is 0 Å². The van der Waals surface area contributed by atoms with Crippen LogP contribution in [0.1, 0.15) is 11.1 Å². The molecule has 37 heavy (non-hydrogen) atoms. The molecule has 0 aliphatic carbocycles. The van der Waals surface area contributed by atoms with E-state index in [2.05, 4.69) is 115 Å². The summed E-state index contributed by atoms with van der Waals surface area (Å²) in [5.41, 5.74) is 7.29. The van der Waals surface area contributed by atoms with E-state index in [4.69, 9.17) is 5.41 Å². The van der Waals surface area contributed by atoms with Crippen LogP contribution in [-0.2, 0) is 6.42 Å². The van der Waals surface area contributed by atoms with E-state index in [1.165, 1.54) is 43.9 Å². The van der Waals surface area contributed by atoms with Gasteiger partial charge in [-0.05, 0) is 67.1 Å². The summed E-state index contributed by atoms with van der Waals surface area (Å²) in [5, 5.41) is 13.4. The highest BCUT2D eigenvalue weighted by Crippen LogP contribution is 2.33. The van der Waals surface area contributed by atoms with E-state index in [1.54, 1.807) is 24.1 Å². The van der Waals surface area contributed by atoms with Gasteiger partial charge in [-0.25, -0.2) is 0 Å². The van der Waals surface area contributed by atoms with Crippen molar-refractivity contribution in [3.8, 4) is 11.1 Å². The number of nitrogens with one attached hydrogen (secondary N) is 3. The Kier molecular flexibility index (Phi) is 13.8. The predicted molar refractivity (Wildman–Crippen MR) is 169 cm³/mol. The Morgan fingerprint density at radius 2 is 1.35 bits per heavy atom. The molecule has 0 amide bonds. The van der Waals surface area contributed by atoms with Crippen LogP contribution in [-0.4, -0.2) is 26.6 Å². The van der Waals surface area contributed by atoms with Gasteiger partial charge in [0.1, 0.15) is 0 Å². The zero-order valence-electron chi connectivity index (χ0n) is 22.0. The monoisotopic (exact) mass is 527 g/mol. The molecule has 0 atom stereocenters. The van der Waals surface area contributed by atoms with Crippen molar-refractivity contribution in [2.45, 2.75) is 23.1 Å². The minimum atomic E-state index is 0.864. The minimum Gasteiger partial charge on any atom is -0.388 e. The third-order valence-corrected chi connectivity index (χ3v) is 6.54. The van der Waals surface area contributed by atoms with Gasteiger partial charge in [-0.1, -0.05) is 90.1 Å². The molecule has 0 aliphatic heterocycles. The largest absolute Gasteiger partial charge is 0.388 e. The summed E-state index contributed by atoms with van der Waals surface area (Å²) < 4.78 is 0. The van der Waals surface area contributed by atoms with E-state index in [-0.39, 0.29) is 0 Å². The fourth-order valence-electron chi connectivity index (χ4n) is 3.54. The molecule has 0 heterocycles. The molecule has 0 bridgehead atoms. The van der Waals surface area contributed by atoms with Crippen LogP contribution in [0.15, 0.2) is 119 Å². The van der Waals surface area contributed by atoms with E-state index in [0.29, 0.717) is 0 Å². The van der Waals surface area contributed by atoms with Gasteiger partial charge in [-0.3, -0.25) is 0 Å². The summed E-state index contributed by atoms with van der Waals surface area (Å²) in [6, 6.07) is 33.8. The molecule has 3 nitrogen and oxygen atoms in total. The summed E-state index contributed by atoms with van der Waals surface area (Å²) in [6.07, 6.45) is 7.61. The molecule has 4 aromatic rings. The predicted octanol–water partition coefficient (Wildman–Crippen LogP) is 8.88. The second kappa shape index (κ2) is 17.1. The van der Waals surface area contributed by atoms with Crippen molar-refractivity contribution < 1.29 is 0 Å². The molecule has 0 aliphatic rings. The number of para-hydroxylation sites is 2. The Morgan fingerprint density at radius 1 is 0.757 bits per heavy atom. The van der Waals surface area contributed by atoms with Crippen LogP contribution < -0.4 is 10.6 Å². The van der Waals surface area contributed by atoms with Crippen LogP contribution in [0, 0.1) is 12.3 Å². The third-order valence-electron chi connectivity index (χ3n) is 5.45. The van der Waals surface area contributed by atoms with Crippen molar-refractivity contribution in [2.75, 3.05) is 31.0 Å². The average molecular weight is 528 g/mol. The van der Waals surface area contributed by atoms with Gasteiger partial charge in [0, 0.05) is 47.0 Å². The summed E-state index contributed by atoms with van der Waals surface area (Å²) >= 11 is 5.31. The Morgan fingerprint density at radius 3 is 1.97 bits per heavy atom. The Balaban J connectivity index is 0.000000247. The number of thiol groups is 1. The van der Waals surface area contributed by atoms with Crippen LogP contribution in [0.4, 0.5) is 11.4 Å². The zero-order chi connectivity index (χ0) is 26.9. The van der Waals surface area contributed by atoms with E-state index >= 15 is 0 Å². The Hall–Kier alpha value is -3.41. The number of benzene rings is 4. The molecular formula is C32H37N3S2. The Bertz CT molecular complexity index is 1230. The smallest absolute Gasteiger partial charge is 0.0479 e. The van der Waals surface area contributed by atoms with Crippen LogP contribution in [0.2, 0.25) is 0 Å². The first kappa shape index (κ1) is 29.8. The molecule has 0 spiro atoms. The number of allylic oxidation sites excluding steroid dienone is 2. The summed E-state index contributed by atoms with van der Waals surface area (Å²) in [6.45, 7) is 2.11. The maximum atomic E-state index is 6.94. The lowest BCUT2D eigenvalue weighted by molar-refractivity contribution is 1.27. The van der Waals surface area contributed by atoms with Crippen molar-refractivity contribution in [1.29, 1.82) is 5.41 Å². The third kappa shape index (κ3) is 9.87. The summed E-state index contributed by atoms with van der Waals surface area (Å²) in [5.74, 6) is 0. The molecule has 192 valence electrons. The fourth-order valence-corrected chi connectivity index (χ4v) is 4.49. The highest BCUT2D eigenvalue weighted by molar-refractivity contribution is 7.99. The van der Waals surface area contributed by atoms with Gasteiger partial charge in [0.25, 0.3) is 0 Å². The van der Waals surface area contributed by atoms with E-state index in [0.717, 1.165) is 12.1 Å². The van der Waals surface area contributed by atoms with Crippen LogP contribution >= 0.6 is 24.4 Å². The number of hydrogen-bond donors (Lipinski definition) is 4. The lowest BCUT2D eigenvalue weighted by Crippen LogP contribution is -1.91. The first-order chi connectivity index (χ1) is 18.1. The summed E-state index contributed by atoms with van der Waals surface area (Å²) in [7, 11) is 3.89. The van der Waals surface area contributed by atoms with Crippen molar-refractivity contribution in [1.82, 2.24) is 0 Å². The fraction of sp³-hybridized carbons (Fsp3) is 0.156. The zero-order valence-corrected chi connectivity index (χ0v) is 23.7. The number of aryl methyl sites for hydroxylation is 1. The van der Waals surface area contributed by atoms with Gasteiger partial charge in [0.05, 0.1) is 0 Å². The maximum absolute atomic E-state index is 6.94. The quantitative estimate of drug-likeness (QED) is 0.137. The summed E-state index contributed by atoms with van der Waals surface area (Å²) in [4.78, 5) is 2.53. The van der Waals surface area contributed by atoms with Gasteiger partial charge >= 0.3 is 0 Å². The maximum Gasteiger partial charge on any atom is 0.0479 e. The first-order valence-electron chi connectivity index (χ1n) is 12.1. The molecule has 4 rings (SSSR count). The molecule has 3 N–H and O–H groups in total. The van der Waals surface area contributed by atoms with Crippen LogP contribution in [0.25, 0.3) is 11.1 Å². The van der Waals surface area contributed by atoms with Gasteiger partial charge in [-0.2, -0.15) is 12.6 Å². The van der Waals surface area contributed by atoms with Crippen molar-refractivity contribution in [2.24, 2.45) is 0 Å². The first-order valence-corrected chi connectivity index (χ1v) is 13.8. The topological polar surface area (TPSA) is 47.9 Å². The molecule has 5 heteroatoms. The van der Waals surface area contributed by atoms with Crippen LogP contribution in [0.3, 0.4) is 0 Å². The highest BCUT2D eigenvalue weighted by Gasteiger charge is 2.03. The molecule has 0 saturated heterocycles. The lowest BCUT2D eigenvalue weighted by Gasteiger charge is -2.09. The van der Waals surface area contributed by atoms with E-state index in [1.807, 2.05) is 32.3 Å². The minimum absolute atomic E-state index is 0.864. The molecule has 0 unspecified atom stereocenters. The van der Waals surface area contributed by atoms with Gasteiger partial charge in [0.15, 0.2) is 0 Å². The lowest BCUT2D eigenvalue weighted by atomic mass is 10.0. The second-order valence-electron chi connectivity index (χ2n) is 7.95. The Labute approximate surface area is 232 Å². The number of anilines is 2. The van der Waals surface area contributed by atoms with E-state index in [9.17, 15) is 0 Å². The van der Waals surface area contributed by atoms with Gasteiger partial charge in [-0.15, -0.1) is 0 Å². The second-order valence-corrected chi connectivity index (χ2v) is 9.07.